The summed E-state index contributed by atoms with van der Waals surface area (Å²) in [7, 11) is 0. The Kier molecular flexibility index (Phi) is 6.65. The molecule has 0 heterocycles. The summed E-state index contributed by atoms with van der Waals surface area (Å²) in [6, 6.07) is 35.8. The van der Waals surface area contributed by atoms with E-state index in [1.54, 1.807) is 48.5 Å². The molecule has 0 aliphatic heterocycles. The molecular formula is C33H20Cl2O4. The van der Waals surface area contributed by atoms with E-state index in [-0.39, 0.29) is 5.92 Å². The van der Waals surface area contributed by atoms with Crippen molar-refractivity contribution in [1.82, 2.24) is 0 Å². The molecule has 0 fully saturated rings. The highest BCUT2D eigenvalue weighted by Gasteiger charge is 2.31. The van der Waals surface area contributed by atoms with Crippen LogP contribution >= 0.6 is 23.2 Å². The second kappa shape index (κ2) is 10.4. The lowest BCUT2D eigenvalue weighted by atomic mass is 9.88. The number of hydrogen-bond acceptors (Lipinski definition) is 4. The molecule has 0 spiro atoms. The zero-order valence-corrected chi connectivity index (χ0v) is 21.9. The Hall–Kier alpha value is -4.38. The van der Waals surface area contributed by atoms with Crippen molar-refractivity contribution in [2.75, 3.05) is 0 Å². The number of carbonyl (C=O) groups is 2. The number of halogens is 2. The van der Waals surface area contributed by atoms with Gasteiger partial charge in [0.1, 0.15) is 23.0 Å². The first-order valence-corrected chi connectivity index (χ1v) is 13.0. The highest BCUT2D eigenvalue weighted by molar-refractivity contribution is 6.68. The van der Waals surface area contributed by atoms with Crippen LogP contribution in [0.15, 0.2) is 115 Å². The van der Waals surface area contributed by atoms with Crippen LogP contribution in [0, 0.1) is 0 Å². The van der Waals surface area contributed by atoms with E-state index in [0.29, 0.717) is 34.1 Å². The molecule has 0 amide bonds. The summed E-state index contributed by atoms with van der Waals surface area (Å²) in [5, 5.41) is -1.06. The predicted molar refractivity (Wildman–Crippen MR) is 153 cm³/mol. The molecule has 0 atom stereocenters. The van der Waals surface area contributed by atoms with Crippen LogP contribution in [0.4, 0.5) is 0 Å². The van der Waals surface area contributed by atoms with Gasteiger partial charge in [-0.2, -0.15) is 0 Å². The molecule has 39 heavy (non-hydrogen) atoms. The van der Waals surface area contributed by atoms with Crippen LogP contribution in [0.1, 0.15) is 43.3 Å². The fourth-order valence-corrected chi connectivity index (χ4v) is 5.22. The maximum Gasteiger partial charge on any atom is 0.252 e. The van der Waals surface area contributed by atoms with Gasteiger partial charge in [0.25, 0.3) is 10.5 Å². The van der Waals surface area contributed by atoms with Crippen molar-refractivity contribution in [1.29, 1.82) is 0 Å². The highest BCUT2D eigenvalue weighted by atomic mass is 35.5. The monoisotopic (exact) mass is 550 g/mol. The molecule has 1 aliphatic carbocycles. The van der Waals surface area contributed by atoms with Gasteiger partial charge in [0.05, 0.1) is 0 Å². The molecule has 5 aromatic carbocycles. The summed E-state index contributed by atoms with van der Waals surface area (Å²) >= 11 is 11.2. The summed E-state index contributed by atoms with van der Waals surface area (Å²) in [5.74, 6) is 2.24. The van der Waals surface area contributed by atoms with Crippen molar-refractivity contribution >= 4 is 33.7 Å². The average molecular weight is 551 g/mol. The van der Waals surface area contributed by atoms with Crippen LogP contribution in [-0.2, 0) is 0 Å². The molecule has 4 nitrogen and oxygen atoms in total. The van der Waals surface area contributed by atoms with Crippen molar-refractivity contribution in [2.45, 2.75) is 5.92 Å². The van der Waals surface area contributed by atoms with Gasteiger partial charge in [0, 0.05) is 28.7 Å². The maximum absolute atomic E-state index is 11.5. The third-order valence-corrected chi connectivity index (χ3v) is 7.19. The summed E-state index contributed by atoms with van der Waals surface area (Å²) in [6.07, 6.45) is 0. The van der Waals surface area contributed by atoms with Gasteiger partial charge in [-0.1, -0.05) is 54.6 Å². The molecule has 0 bridgehead atoms. The van der Waals surface area contributed by atoms with Crippen LogP contribution in [0.3, 0.4) is 0 Å². The van der Waals surface area contributed by atoms with Gasteiger partial charge in [0.15, 0.2) is 0 Å². The minimum absolute atomic E-state index is 0.0424. The fourth-order valence-electron chi connectivity index (χ4n) is 4.97. The lowest BCUT2D eigenvalue weighted by Crippen LogP contribution is -2.02. The Morgan fingerprint density at radius 2 is 0.974 bits per heavy atom. The SMILES string of the molecule is O=C(Cl)c1ccc(Oc2ccc(C3c4ccccc4-c4ccccc43)c(Oc3ccc(C(=O)Cl)cc3)c2)cc1. The zero-order chi connectivity index (χ0) is 26.9. The Bertz CT molecular complexity index is 1660. The van der Waals surface area contributed by atoms with Crippen LogP contribution in [0.2, 0.25) is 0 Å². The smallest absolute Gasteiger partial charge is 0.252 e. The van der Waals surface area contributed by atoms with Crippen LogP contribution in [0.25, 0.3) is 11.1 Å². The van der Waals surface area contributed by atoms with Crippen molar-refractivity contribution in [2.24, 2.45) is 0 Å². The lowest BCUT2D eigenvalue weighted by Gasteiger charge is -2.20. The fraction of sp³-hybridized carbons (Fsp3) is 0.0303. The first kappa shape index (κ1) is 24.9. The lowest BCUT2D eigenvalue weighted by molar-refractivity contribution is 0.107. The predicted octanol–water partition coefficient (Wildman–Crippen LogP) is 9.19. The quantitative estimate of drug-likeness (QED) is 0.186. The topological polar surface area (TPSA) is 52.6 Å². The van der Waals surface area contributed by atoms with Crippen molar-refractivity contribution in [3.05, 3.63) is 143 Å². The maximum atomic E-state index is 11.5. The van der Waals surface area contributed by atoms with E-state index in [2.05, 4.69) is 36.4 Å². The third kappa shape index (κ3) is 4.92. The minimum atomic E-state index is -0.529. The average Bonchev–Trinajstić information content (AvgIpc) is 3.28. The van der Waals surface area contributed by atoms with E-state index in [1.807, 2.05) is 30.3 Å². The Balaban J connectivity index is 1.43. The van der Waals surface area contributed by atoms with Crippen molar-refractivity contribution in [3.63, 3.8) is 0 Å². The highest BCUT2D eigenvalue weighted by Crippen LogP contribution is 2.50. The first-order chi connectivity index (χ1) is 19.0. The molecule has 6 heteroatoms. The van der Waals surface area contributed by atoms with Gasteiger partial charge in [0.2, 0.25) is 0 Å². The van der Waals surface area contributed by atoms with Crippen molar-refractivity contribution in [3.8, 4) is 34.1 Å². The zero-order valence-electron chi connectivity index (χ0n) is 20.4. The molecular weight excluding hydrogens is 531 g/mol. The molecule has 0 saturated carbocycles. The summed E-state index contributed by atoms with van der Waals surface area (Å²) in [5.41, 5.74) is 6.54. The minimum Gasteiger partial charge on any atom is -0.457 e. The number of rotatable bonds is 7. The largest absolute Gasteiger partial charge is 0.457 e. The van der Waals surface area contributed by atoms with E-state index < -0.39 is 10.5 Å². The third-order valence-electron chi connectivity index (χ3n) is 6.76. The normalized spacial score (nSPS) is 11.9. The van der Waals surface area contributed by atoms with E-state index >= 15 is 0 Å². The Morgan fingerprint density at radius 3 is 1.49 bits per heavy atom. The summed E-state index contributed by atoms with van der Waals surface area (Å²) in [6.45, 7) is 0. The summed E-state index contributed by atoms with van der Waals surface area (Å²) < 4.78 is 12.5. The molecule has 1 aliphatic rings. The van der Waals surface area contributed by atoms with E-state index in [4.69, 9.17) is 32.7 Å². The molecule has 0 saturated heterocycles. The van der Waals surface area contributed by atoms with E-state index in [1.165, 1.54) is 22.3 Å². The van der Waals surface area contributed by atoms with Gasteiger partial charge < -0.3 is 9.47 Å². The molecule has 0 N–H and O–H groups in total. The molecule has 5 aromatic rings. The van der Waals surface area contributed by atoms with Crippen LogP contribution in [0.5, 0.6) is 23.0 Å². The molecule has 0 radical (unpaired) electrons. The molecule has 0 aromatic heterocycles. The number of carbonyl (C=O) groups excluding carboxylic acids is 2. The van der Waals surface area contributed by atoms with E-state index in [9.17, 15) is 9.59 Å². The molecule has 6 rings (SSSR count). The standard InChI is InChI=1S/C33H20Cl2O4/c34-32(36)20-9-13-22(14-10-20)38-24-17-18-29(30(19-24)39-23-15-11-21(12-16-23)33(35)37)31-27-7-3-1-5-25(27)26-6-2-4-8-28(26)31/h1-19,31H. The van der Waals surface area contributed by atoms with Crippen LogP contribution in [-0.4, -0.2) is 10.5 Å². The van der Waals surface area contributed by atoms with Gasteiger partial charge in [-0.25, -0.2) is 0 Å². The Morgan fingerprint density at radius 1 is 0.513 bits per heavy atom. The van der Waals surface area contributed by atoms with Gasteiger partial charge >= 0.3 is 0 Å². The molecule has 0 unspecified atom stereocenters. The van der Waals surface area contributed by atoms with E-state index in [0.717, 1.165) is 5.56 Å². The second-order valence-electron chi connectivity index (χ2n) is 9.11. The summed E-state index contributed by atoms with van der Waals surface area (Å²) in [4.78, 5) is 22.9. The van der Waals surface area contributed by atoms with Crippen LogP contribution < -0.4 is 9.47 Å². The number of hydrogen-bond donors (Lipinski definition) is 0. The van der Waals surface area contributed by atoms with Gasteiger partial charge in [-0.3, -0.25) is 9.59 Å². The number of fused-ring (bicyclic) bond motifs is 3. The number of benzene rings is 5. The van der Waals surface area contributed by atoms with Crippen molar-refractivity contribution < 1.29 is 19.1 Å². The second-order valence-corrected chi connectivity index (χ2v) is 9.79. The van der Waals surface area contributed by atoms with Gasteiger partial charge in [-0.05, 0) is 100 Å². The first-order valence-electron chi connectivity index (χ1n) is 12.3. The Labute approximate surface area is 235 Å². The number of ether oxygens (including phenoxy) is 2. The molecule has 190 valence electrons. The van der Waals surface area contributed by atoms with Gasteiger partial charge in [-0.15, -0.1) is 0 Å².